The monoisotopic (exact) mass is 171 g/mol. The van der Waals surface area contributed by atoms with Crippen molar-refractivity contribution >= 4 is 5.71 Å². The maximum absolute atomic E-state index is 4.53. The molecule has 2 atom stereocenters. The molecule has 1 nitrogen and oxygen atoms in total. The van der Waals surface area contributed by atoms with Crippen LogP contribution in [0.5, 0.6) is 0 Å². The zero-order chi connectivity index (χ0) is 8.89. The molecule has 2 unspecified atom stereocenters. The van der Waals surface area contributed by atoms with E-state index in [-0.39, 0.29) is 0 Å². The van der Waals surface area contributed by atoms with Gasteiger partial charge in [0.2, 0.25) is 0 Å². The number of hydrogen-bond donors (Lipinski definition) is 0. The van der Waals surface area contributed by atoms with Crippen molar-refractivity contribution in [2.24, 2.45) is 10.9 Å². The van der Waals surface area contributed by atoms with E-state index >= 15 is 0 Å². The van der Waals surface area contributed by atoms with E-state index < -0.39 is 0 Å². The molecule has 1 aromatic rings. The van der Waals surface area contributed by atoms with E-state index in [0.717, 1.165) is 12.5 Å². The Morgan fingerprint density at radius 1 is 1.31 bits per heavy atom. The molecule has 0 spiro atoms. The Morgan fingerprint density at radius 3 is 2.62 bits per heavy atom. The molecule has 0 radical (unpaired) electrons. The van der Waals surface area contributed by atoms with Gasteiger partial charge in [0.15, 0.2) is 0 Å². The van der Waals surface area contributed by atoms with Crippen molar-refractivity contribution in [2.75, 3.05) is 6.54 Å². The second kappa shape index (κ2) is 2.22. The van der Waals surface area contributed by atoms with Crippen LogP contribution in [0.4, 0.5) is 0 Å². The minimum atomic E-state index is 0.362. The molecular weight excluding hydrogens is 158 g/mol. The van der Waals surface area contributed by atoms with E-state index in [1.807, 2.05) is 0 Å². The molecular formula is C12H13N. The minimum absolute atomic E-state index is 0.362. The Labute approximate surface area is 78.5 Å². The van der Waals surface area contributed by atoms with Crippen LogP contribution < -0.4 is 0 Å². The van der Waals surface area contributed by atoms with Gasteiger partial charge >= 0.3 is 0 Å². The molecule has 3 rings (SSSR count). The van der Waals surface area contributed by atoms with Gasteiger partial charge in [-0.3, -0.25) is 4.99 Å². The predicted octanol–water partition coefficient (Wildman–Crippen LogP) is 2.42. The highest BCUT2D eigenvalue weighted by Gasteiger charge is 2.59. The Morgan fingerprint density at radius 2 is 2.08 bits per heavy atom. The quantitative estimate of drug-likeness (QED) is 0.615. The summed E-state index contributed by atoms with van der Waals surface area (Å²) in [4.78, 5) is 4.53. The van der Waals surface area contributed by atoms with E-state index in [4.69, 9.17) is 0 Å². The summed E-state index contributed by atoms with van der Waals surface area (Å²) in [5.74, 6) is 0.815. The predicted molar refractivity (Wildman–Crippen MR) is 54.2 cm³/mol. The van der Waals surface area contributed by atoms with Gasteiger partial charge in [-0.05, 0) is 24.8 Å². The number of nitrogens with zero attached hydrogens (tertiary/aromatic N) is 1. The molecule has 0 aromatic heterocycles. The summed E-state index contributed by atoms with van der Waals surface area (Å²) in [6.07, 6.45) is 1.33. The summed E-state index contributed by atoms with van der Waals surface area (Å²) in [5.41, 5.74) is 3.18. The lowest BCUT2D eigenvalue weighted by atomic mass is 9.90. The molecule has 2 aliphatic rings. The lowest BCUT2D eigenvalue weighted by Gasteiger charge is -2.12. The Hall–Kier alpha value is -1.11. The van der Waals surface area contributed by atoms with Gasteiger partial charge in [0.1, 0.15) is 0 Å². The molecule has 0 N–H and O–H groups in total. The average molecular weight is 171 g/mol. The largest absolute Gasteiger partial charge is 0.293 e. The topological polar surface area (TPSA) is 12.4 Å². The fourth-order valence-corrected chi connectivity index (χ4v) is 2.68. The van der Waals surface area contributed by atoms with Crippen LogP contribution in [-0.2, 0) is 5.41 Å². The zero-order valence-corrected chi connectivity index (χ0v) is 7.83. The Balaban J connectivity index is 2.08. The molecule has 1 saturated carbocycles. The summed E-state index contributed by atoms with van der Waals surface area (Å²) < 4.78 is 0. The van der Waals surface area contributed by atoms with Gasteiger partial charge in [0.25, 0.3) is 0 Å². The first-order valence-electron chi connectivity index (χ1n) is 4.91. The highest BCUT2D eigenvalue weighted by Crippen LogP contribution is 2.58. The van der Waals surface area contributed by atoms with Gasteiger partial charge in [-0.1, -0.05) is 30.3 Å². The molecule has 0 saturated heterocycles. The molecule has 1 heterocycles. The summed E-state index contributed by atoms with van der Waals surface area (Å²) >= 11 is 0. The summed E-state index contributed by atoms with van der Waals surface area (Å²) in [5, 5.41) is 0. The molecule has 1 heteroatoms. The van der Waals surface area contributed by atoms with Crippen LogP contribution >= 0.6 is 0 Å². The fourth-order valence-electron chi connectivity index (χ4n) is 2.68. The van der Waals surface area contributed by atoms with E-state index in [9.17, 15) is 0 Å². The van der Waals surface area contributed by atoms with E-state index in [0.29, 0.717) is 5.41 Å². The lowest BCUT2D eigenvalue weighted by molar-refractivity contribution is 0.811. The third kappa shape index (κ3) is 0.796. The van der Waals surface area contributed by atoms with Crippen molar-refractivity contribution in [1.29, 1.82) is 0 Å². The maximum atomic E-state index is 4.53. The summed E-state index contributed by atoms with van der Waals surface area (Å²) in [6.45, 7) is 3.24. The van der Waals surface area contributed by atoms with Crippen LogP contribution in [0, 0.1) is 5.92 Å². The number of aliphatic imine (C=N–C) groups is 1. The molecule has 1 aliphatic heterocycles. The van der Waals surface area contributed by atoms with E-state index in [1.165, 1.54) is 17.7 Å². The fraction of sp³-hybridized carbons (Fsp3) is 0.417. The van der Waals surface area contributed by atoms with Crippen molar-refractivity contribution in [2.45, 2.75) is 18.8 Å². The second-order valence-corrected chi connectivity index (χ2v) is 4.16. The van der Waals surface area contributed by atoms with Crippen molar-refractivity contribution in [3.8, 4) is 0 Å². The number of hydrogen-bond acceptors (Lipinski definition) is 1. The number of benzene rings is 1. The lowest BCUT2D eigenvalue weighted by Crippen LogP contribution is -2.16. The van der Waals surface area contributed by atoms with Crippen molar-refractivity contribution in [3.05, 3.63) is 35.9 Å². The van der Waals surface area contributed by atoms with Crippen LogP contribution in [-0.4, -0.2) is 12.3 Å². The SMILES string of the molecule is CC1=NCC2CC12c1ccccc1. The zero-order valence-electron chi connectivity index (χ0n) is 7.83. The second-order valence-electron chi connectivity index (χ2n) is 4.16. The van der Waals surface area contributed by atoms with Crippen LogP contribution in [0.25, 0.3) is 0 Å². The molecule has 1 aliphatic carbocycles. The first-order chi connectivity index (χ1) is 6.34. The van der Waals surface area contributed by atoms with E-state index in [2.05, 4.69) is 42.2 Å². The summed E-state index contributed by atoms with van der Waals surface area (Å²) in [6, 6.07) is 10.8. The molecule has 1 aromatic carbocycles. The molecule has 0 bridgehead atoms. The first-order valence-corrected chi connectivity index (χ1v) is 4.91. The van der Waals surface area contributed by atoms with Gasteiger partial charge in [0, 0.05) is 17.7 Å². The van der Waals surface area contributed by atoms with Gasteiger partial charge in [0.05, 0.1) is 0 Å². The summed E-state index contributed by atoms with van der Waals surface area (Å²) in [7, 11) is 0. The number of fused-ring (bicyclic) bond motifs is 1. The van der Waals surface area contributed by atoms with Gasteiger partial charge in [-0.2, -0.15) is 0 Å². The highest BCUT2D eigenvalue weighted by molar-refractivity contribution is 5.98. The van der Waals surface area contributed by atoms with Crippen LogP contribution in [0.15, 0.2) is 35.3 Å². The smallest absolute Gasteiger partial charge is 0.0429 e. The molecule has 1 fully saturated rings. The standard InChI is InChI=1S/C12H13N/c1-9-12(7-11(12)8-13-9)10-5-3-2-4-6-10/h2-6,11H,7-8H2,1H3. The van der Waals surface area contributed by atoms with Gasteiger partial charge in [-0.15, -0.1) is 0 Å². The van der Waals surface area contributed by atoms with E-state index in [1.54, 1.807) is 0 Å². The third-order valence-electron chi connectivity index (χ3n) is 3.59. The highest BCUT2D eigenvalue weighted by atomic mass is 14.9. The Kier molecular flexibility index (Phi) is 1.25. The van der Waals surface area contributed by atoms with Crippen molar-refractivity contribution in [1.82, 2.24) is 0 Å². The minimum Gasteiger partial charge on any atom is -0.293 e. The average Bonchev–Trinajstić information content (AvgIpc) is 2.84. The van der Waals surface area contributed by atoms with Gasteiger partial charge < -0.3 is 0 Å². The maximum Gasteiger partial charge on any atom is 0.0429 e. The molecule has 13 heavy (non-hydrogen) atoms. The van der Waals surface area contributed by atoms with Crippen LogP contribution in [0.3, 0.4) is 0 Å². The third-order valence-corrected chi connectivity index (χ3v) is 3.59. The van der Waals surface area contributed by atoms with Crippen LogP contribution in [0.1, 0.15) is 18.9 Å². The molecule has 0 amide bonds. The Bertz CT molecular complexity index is 366. The first kappa shape index (κ1) is 7.31. The van der Waals surface area contributed by atoms with Gasteiger partial charge in [-0.25, -0.2) is 0 Å². The normalized spacial score (nSPS) is 35.5. The molecule has 66 valence electrons. The number of rotatable bonds is 1. The van der Waals surface area contributed by atoms with Crippen molar-refractivity contribution < 1.29 is 0 Å². The van der Waals surface area contributed by atoms with Crippen LogP contribution in [0.2, 0.25) is 0 Å². The van der Waals surface area contributed by atoms with Crippen molar-refractivity contribution in [3.63, 3.8) is 0 Å².